The molecular formula is C30H32N2O5S. The number of esters is 1. The molecule has 1 aliphatic heterocycles. The molecular weight excluding hydrogens is 500 g/mol. The van der Waals surface area contributed by atoms with Crippen LogP contribution in [0, 0.1) is 0 Å². The van der Waals surface area contributed by atoms with Crippen LogP contribution < -0.4 is 0 Å². The maximum absolute atomic E-state index is 14.0. The zero-order chi connectivity index (χ0) is 26.7. The highest BCUT2D eigenvalue weighted by Crippen LogP contribution is 2.35. The molecule has 2 aromatic carbocycles. The molecule has 2 amide bonds. The Bertz CT molecular complexity index is 1470. The van der Waals surface area contributed by atoms with Crippen molar-refractivity contribution in [2.24, 2.45) is 0 Å². The number of thiophene rings is 1. The second kappa shape index (κ2) is 11.0. The predicted octanol–water partition coefficient (Wildman–Crippen LogP) is 5.55. The van der Waals surface area contributed by atoms with Crippen LogP contribution in [0.3, 0.4) is 0 Å². The Morgan fingerprint density at radius 2 is 2.00 bits per heavy atom. The first-order valence-corrected chi connectivity index (χ1v) is 13.9. The predicted molar refractivity (Wildman–Crippen MR) is 148 cm³/mol. The lowest BCUT2D eigenvalue weighted by Gasteiger charge is -2.51. The highest BCUT2D eigenvalue weighted by atomic mass is 32.1. The van der Waals surface area contributed by atoms with E-state index in [1.54, 1.807) is 34.3 Å². The molecule has 0 saturated carbocycles. The fourth-order valence-electron chi connectivity index (χ4n) is 5.17. The molecule has 2 aromatic heterocycles. The van der Waals surface area contributed by atoms with E-state index >= 15 is 0 Å². The van der Waals surface area contributed by atoms with Crippen LogP contribution in [0.4, 0.5) is 0 Å². The van der Waals surface area contributed by atoms with Gasteiger partial charge in [-0.05, 0) is 66.8 Å². The van der Waals surface area contributed by atoms with Gasteiger partial charge in [-0.1, -0.05) is 30.3 Å². The molecule has 198 valence electrons. The van der Waals surface area contributed by atoms with E-state index in [0.29, 0.717) is 39.1 Å². The van der Waals surface area contributed by atoms with Crippen LogP contribution in [-0.2, 0) is 32.1 Å². The summed E-state index contributed by atoms with van der Waals surface area (Å²) in [5.74, 6) is -0.415. The summed E-state index contributed by atoms with van der Waals surface area (Å²) >= 11 is 1.63. The van der Waals surface area contributed by atoms with Gasteiger partial charge in [-0.15, -0.1) is 11.3 Å². The number of fused-ring (bicyclic) bond motifs is 2. The number of likely N-dealkylation sites (tertiary alicyclic amines) is 1. The molecule has 1 atom stereocenters. The lowest BCUT2D eigenvalue weighted by atomic mass is 9.84. The van der Waals surface area contributed by atoms with Crippen molar-refractivity contribution in [3.05, 3.63) is 71.3 Å². The number of carbonyl (C=O) groups excluding carboxylic acids is 3. The molecule has 3 heterocycles. The van der Waals surface area contributed by atoms with Gasteiger partial charge < -0.3 is 19.0 Å². The Kier molecular flexibility index (Phi) is 7.51. The van der Waals surface area contributed by atoms with Crippen molar-refractivity contribution >= 4 is 50.2 Å². The standard InChI is InChI=1S/C30H32N2O5S/c1-3-36-28(34)9-6-14-31(19-21-10-11-22-12-16-37-25(22)17-21)29(35)30(2)13-15-32(30)27(33)18-23-20-38-26-8-5-4-7-24(23)26/h4-5,7-8,10-12,16-17,20H,3,6,9,13-15,18-19H2,1-2H3. The van der Waals surface area contributed by atoms with Gasteiger partial charge in [0, 0.05) is 36.1 Å². The molecule has 1 saturated heterocycles. The minimum atomic E-state index is -0.915. The minimum Gasteiger partial charge on any atom is -0.466 e. The van der Waals surface area contributed by atoms with Gasteiger partial charge in [-0.3, -0.25) is 14.4 Å². The van der Waals surface area contributed by atoms with E-state index in [4.69, 9.17) is 9.15 Å². The normalized spacial score (nSPS) is 16.9. The van der Waals surface area contributed by atoms with E-state index in [1.165, 1.54) is 0 Å². The van der Waals surface area contributed by atoms with Crippen LogP contribution in [0.15, 0.2) is 64.6 Å². The van der Waals surface area contributed by atoms with Gasteiger partial charge in [-0.2, -0.15) is 0 Å². The number of ether oxygens (including phenoxy) is 1. The van der Waals surface area contributed by atoms with Crippen molar-refractivity contribution in [2.45, 2.75) is 51.6 Å². The monoisotopic (exact) mass is 532 g/mol. The van der Waals surface area contributed by atoms with Gasteiger partial charge in [0.25, 0.3) is 0 Å². The number of benzene rings is 2. The van der Waals surface area contributed by atoms with Crippen LogP contribution in [0.2, 0.25) is 0 Å². The lowest BCUT2D eigenvalue weighted by Crippen LogP contribution is -2.68. The summed E-state index contributed by atoms with van der Waals surface area (Å²) in [6.45, 7) is 5.28. The summed E-state index contributed by atoms with van der Waals surface area (Å²) in [4.78, 5) is 42.8. The maximum Gasteiger partial charge on any atom is 0.305 e. The first kappa shape index (κ1) is 26.0. The molecule has 1 aliphatic rings. The average Bonchev–Trinajstić information content (AvgIpc) is 3.53. The van der Waals surface area contributed by atoms with Gasteiger partial charge in [0.15, 0.2) is 0 Å². The summed E-state index contributed by atoms with van der Waals surface area (Å²) in [6, 6.07) is 15.9. The maximum atomic E-state index is 14.0. The van der Waals surface area contributed by atoms with E-state index in [-0.39, 0.29) is 30.6 Å². The number of nitrogens with zero attached hydrogens (tertiary/aromatic N) is 2. The number of rotatable bonds is 10. The molecule has 4 aromatic rings. The largest absolute Gasteiger partial charge is 0.466 e. The zero-order valence-corrected chi connectivity index (χ0v) is 22.6. The molecule has 5 rings (SSSR count). The summed E-state index contributed by atoms with van der Waals surface area (Å²) in [6.07, 6.45) is 3.24. The second-order valence-corrected chi connectivity index (χ2v) is 10.8. The van der Waals surface area contributed by atoms with Gasteiger partial charge in [0.05, 0.1) is 19.3 Å². The molecule has 0 aliphatic carbocycles. The van der Waals surface area contributed by atoms with E-state index in [2.05, 4.69) is 6.07 Å². The summed E-state index contributed by atoms with van der Waals surface area (Å²) in [7, 11) is 0. The first-order chi connectivity index (χ1) is 18.4. The molecule has 1 fully saturated rings. The average molecular weight is 533 g/mol. The Hall–Kier alpha value is -3.65. The quantitative estimate of drug-likeness (QED) is 0.250. The van der Waals surface area contributed by atoms with Gasteiger partial charge in [0.2, 0.25) is 11.8 Å². The van der Waals surface area contributed by atoms with Crippen LogP contribution in [0.25, 0.3) is 21.1 Å². The zero-order valence-electron chi connectivity index (χ0n) is 21.8. The summed E-state index contributed by atoms with van der Waals surface area (Å²) in [5.41, 5.74) is 1.77. The Morgan fingerprint density at radius 3 is 2.79 bits per heavy atom. The van der Waals surface area contributed by atoms with E-state index in [9.17, 15) is 14.4 Å². The Balaban J connectivity index is 1.32. The number of furan rings is 1. The minimum absolute atomic E-state index is 0.0425. The Morgan fingerprint density at radius 1 is 1.16 bits per heavy atom. The Labute approximate surface area is 226 Å². The summed E-state index contributed by atoms with van der Waals surface area (Å²) < 4.78 is 11.8. The lowest BCUT2D eigenvalue weighted by molar-refractivity contribution is -0.164. The van der Waals surface area contributed by atoms with Crippen molar-refractivity contribution in [3.63, 3.8) is 0 Å². The van der Waals surface area contributed by atoms with E-state index in [0.717, 1.165) is 32.2 Å². The molecule has 1 unspecified atom stereocenters. The second-order valence-electron chi connectivity index (χ2n) is 9.93. The number of hydrogen-bond donors (Lipinski definition) is 0. The van der Waals surface area contributed by atoms with Crippen LogP contribution in [0.1, 0.15) is 44.2 Å². The van der Waals surface area contributed by atoms with Gasteiger partial charge in [-0.25, -0.2) is 0 Å². The third kappa shape index (κ3) is 5.18. The fourth-order valence-corrected chi connectivity index (χ4v) is 6.13. The number of amides is 2. The van der Waals surface area contributed by atoms with Crippen LogP contribution >= 0.6 is 11.3 Å². The molecule has 7 nitrogen and oxygen atoms in total. The molecule has 38 heavy (non-hydrogen) atoms. The number of hydrogen-bond acceptors (Lipinski definition) is 6. The highest BCUT2D eigenvalue weighted by molar-refractivity contribution is 7.17. The SMILES string of the molecule is CCOC(=O)CCCN(Cc1ccc2ccoc2c1)C(=O)C1(C)CCN1C(=O)Cc1csc2ccccc12. The van der Waals surface area contributed by atoms with Gasteiger partial charge >= 0.3 is 5.97 Å². The highest BCUT2D eigenvalue weighted by Gasteiger charge is 2.50. The topological polar surface area (TPSA) is 80.1 Å². The van der Waals surface area contributed by atoms with Crippen LogP contribution in [0.5, 0.6) is 0 Å². The van der Waals surface area contributed by atoms with E-state index in [1.807, 2.05) is 54.8 Å². The van der Waals surface area contributed by atoms with Crippen molar-refractivity contribution in [1.82, 2.24) is 9.80 Å². The van der Waals surface area contributed by atoms with Crippen molar-refractivity contribution in [2.75, 3.05) is 19.7 Å². The summed E-state index contributed by atoms with van der Waals surface area (Å²) in [5, 5.41) is 4.12. The smallest absolute Gasteiger partial charge is 0.305 e. The molecule has 0 N–H and O–H groups in total. The van der Waals surface area contributed by atoms with E-state index < -0.39 is 5.54 Å². The van der Waals surface area contributed by atoms with Crippen LogP contribution in [-0.4, -0.2) is 52.8 Å². The molecule has 0 radical (unpaired) electrons. The number of carbonyl (C=O) groups is 3. The third-order valence-corrected chi connectivity index (χ3v) is 8.39. The molecule has 0 bridgehead atoms. The molecule has 0 spiro atoms. The van der Waals surface area contributed by atoms with Gasteiger partial charge in [0.1, 0.15) is 11.1 Å². The van der Waals surface area contributed by atoms with Crippen molar-refractivity contribution in [1.29, 1.82) is 0 Å². The third-order valence-electron chi connectivity index (χ3n) is 7.38. The van der Waals surface area contributed by atoms with Crippen molar-refractivity contribution < 1.29 is 23.5 Å². The first-order valence-electron chi connectivity index (χ1n) is 13.1. The van der Waals surface area contributed by atoms with Crippen molar-refractivity contribution in [3.8, 4) is 0 Å². The molecule has 8 heteroatoms. The fraction of sp³-hybridized carbons (Fsp3) is 0.367.